The monoisotopic (exact) mass is 233 g/mol. The molecule has 0 aliphatic rings. The van der Waals surface area contributed by atoms with E-state index in [0.29, 0.717) is 0 Å². The summed E-state index contributed by atoms with van der Waals surface area (Å²) in [4.78, 5) is -0.530. The average Bonchev–Trinajstić information content (AvgIpc) is 2.01. The zero-order valence-corrected chi connectivity index (χ0v) is 8.47. The van der Waals surface area contributed by atoms with E-state index in [1.165, 1.54) is 18.2 Å². The van der Waals surface area contributed by atoms with Crippen molar-refractivity contribution in [2.24, 2.45) is 0 Å². The van der Waals surface area contributed by atoms with Crippen LogP contribution in [0, 0.1) is 0 Å². The van der Waals surface area contributed by atoms with Crippen LogP contribution in [0.2, 0.25) is 0 Å². The molecule has 0 fully saturated rings. The van der Waals surface area contributed by atoms with Gasteiger partial charge in [-0.05, 0) is 12.1 Å². The molecular weight excluding hydrogens is 228 g/mol. The van der Waals surface area contributed by atoms with Gasteiger partial charge < -0.3 is 0 Å². The smallest absolute Gasteiger partial charge is 0.194 e. The SMILES string of the molecule is O=S(=O)(OC(F)(F)F)c1ccccc1.[Li]. The van der Waals surface area contributed by atoms with Gasteiger partial charge in [0, 0.05) is 18.9 Å². The van der Waals surface area contributed by atoms with Gasteiger partial charge in [0.15, 0.2) is 0 Å². The third-order valence-corrected chi connectivity index (χ3v) is 2.49. The Morgan fingerprint density at radius 1 is 1.07 bits per heavy atom. The van der Waals surface area contributed by atoms with Gasteiger partial charge in [-0.25, -0.2) is 0 Å². The fourth-order valence-corrected chi connectivity index (χ4v) is 1.60. The number of benzene rings is 1. The second-order valence-electron chi connectivity index (χ2n) is 2.30. The van der Waals surface area contributed by atoms with E-state index >= 15 is 0 Å². The van der Waals surface area contributed by atoms with Crippen LogP contribution in [0.3, 0.4) is 0 Å². The van der Waals surface area contributed by atoms with Gasteiger partial charge in [0.25, 0.3) is 0 Å². The molecular formula is C7H5F3LiO3S. The zero-order chi connectivity index (χ0) is 10.8. The quantitative estimate of drug-likeness (QED) is 0.574. The Morgan fingerprint density at radius 3 is 1.93 bits per heavy atom. The average molecular weight is 233 g/mol. The van der Waals surface area contributed by atoms with Crippen LogP contribution in [0.25, 0.3) is 0 Å². The van der Waals surface area contributed by atoms with E-state index in [-0.39, 0.29) is 18.9 Å². The summed E-state index contributed by atoms with van der Waals surface area (Å²) in [6, 6.07) is 6.11. The molecule has 15 heavy (non-hydrogen) atoms. The Bertz CT molecular complexity index is 401. The first-order valence-corrected chi connectivity index (χ1v) is 4.79. The van der Waals surface area contributed by atoms with Crippen LogP contribution >= 0.6 is 0 Å². The molecule has 1 radical (unpaired) electrons. The Hall–Kier alpha value is -0.483. The maximum atomic E-state index is 11.6. The van der Waals surface area contributed by atoms with Crippen LogP contribution in [-0.4, -0.2) is 33.6 Å². The van der Waals surface area contributed by atoms with E-state index in [1.54, 1.807) is 0 Å². The first kappa shape index (κ1) is 14.5. The fourth-order valence-electron chi connectivity index (χ4n) is 0.760. The third-order valence-electron chi connectivity index (χ3n) is 1.24. The molecule has 8 heteroatoms. The number of halogens is 3. The summed E-state index contributed by atoms with van der Waals surface area (Å²) < 4.78 is 59.7. The molecule has 79 valence electrons. The Balaban J connectivity index is 0.00000196. The van der Waals surface area contributed by atoms with E-state index in [1.807, 2.05) is 0 Å². The minimum Gasteiger partial charge on any atom is -0.194 e. The first-order chi connectivity index (χ1) is 6.31. The molecule has 0 heterocycles. The Kier molecular flexibility index (Phi) is 4.87. The van der Waals surface area contributed by atoms with Gasteiger partial charge in [-0.3, -0.25) is 0 Å². The molecule has 0 atom stereocenters. The summed E-state index contributed by atoms with van der Waals surface area (Å²) in [5.74, 6) is 0. The molecule has 0 aromatic heterocycles. The van der Waals surface area contributed by atoms with Gasteiger partial charge in [-0.15, -0.1) is 13.2 Å². The molecule has 0 saturated heterocycles. The minimum absolute atomic E-state index is 0. The number of rotatable bonds is 2. The van der Waals surface area contributed by atoms with E-state index in [2.05, 4.69) is 4.18 Å². The van der Waals surface area contributed by atoms with E-state index in [4.69, 9.17) is 0 Å². The maximum absolute atomic E-state index is 11.6. The van der Waals surface area contributed by atoms with Crippen molar-refractivity contribution in [1.29, 1.82) is 0 Å². The summed E-state index contributed by atoms with van der Waals surface area (Å²) in [5.41, 5.74) is 0. The number of alkyl halides is 3. The van der Waals surface area contributed by atoms with Crippen molar-refractivity contribution in [1.82, 2.24) is 0 Å². The molecule has 0 unspecified atom stereocenters. The molecule has 0 saturated carbocycles. The van der Waals surface area contributed by atoms with Crippen LogP contribution in [0.5, 0.6) is 0 Å². The molecule has 3 nitrogen and oxygen atoms in total. The van der Waals surface area contributed by atoms with Crippen LogP contribution < -0.4 is 0 Å². The summed E-state index contributed by atoms with van der Waals surface area (Å²) in [6.45, 7) is 0. The van der Waals surface area contributed by atoms with E-state index < -0.39 is 21.4 Å². The molecule has 0 bridgehead atoms. The largest absolute Gasteiger partial charge is 0.537 e. The molecule has 0 aliphatic carbocycles. The summed E-state index contributed by atoms with van der Waals surface area (Å²) >= 11 is 0. The summed E-state index contributed by atoms with van der Waals surface area (Å²) in [5, 5.41) is 0. The number of hydrogen-bond acceptors (Lipinski definition) is 3. The molecule has 1 aromatic carbocycles. The summed E-state index contributed by atoms with van der Waals surface area (Å²) in [7, 11) is -4.74. The normalized spacial score (nSPS) is 11.9. The topological polar surface area (TPSA) is 43.4 Å². The van der Waals surface area contributed by atoms with E-state index in [9.17, 15) is 21.6 Å². The molecule has 1 rings (SSSR count). The van der Waals surface area contributed by atoms with Gasteiger partial charge in [0.05, 0.1) is 4.90 Å². The van der Waals surface area contributed by atoms with Crippen molar-refractivity contribution >= 4 is 29.0 Å². The van der Waals surface area contributed by atoms with Crippen molar-refractivity contribution in [2.75, 3.05) is 0 Å². The van der Waals surface area contributed by atoms with Crippen LogP contribution in [-0.2, 0) is 14.3 Å². The molecule has 1 aromatic rings. The summed E-state index contributed by atoms with van der Waals surface area (Å²) in [6.07, 6.45) is -5.20. The minimum atomic E-state index is -5.20. The Morgan fingerprint density at radius 2 is 1.53 bits per heavy atom. The van der Waals surface area contributed by atoms with Crippen molar-refractivity contribution < 1.29 is 25.8 Å². The molecule has 0 aliphatic heterocycles. The van der Waals surface area contributed by atoms with Crippen molar-refractivity contribution in [3.8, 4) is 0 Å². The third kappa shape index (κ3) is 4.71. The van der Waals surface area contributed by atoms with Crippen LogP contribution in [0.1, 0.15) is 0 Å². The first-order valence-electron chi connectivity index (χ1n) is 3.39. The van der Waals surface area contributed by atoms with E-state index in [0.717, 1.165) is 12.1 Å². The van der Waals surface area contributed by atoms with Crippen LogP contribution in [0.15, 0.2) is 35.2 Å². The van der Waals surface area contributed by atoms with Gasteiger partial charge in [0.1, 0.15) is 0 Å². The van der Waals surface area contributed by atoms with Crippen molar-refractivity contribution in [2.45, 2.75) is 11.3 Å². The van der Waals surface area contributed by atoms with Crippen molar-refractivity contribution in [3.05, 3.63) is 30.3 Å². The second kappa shape index (κ2) is 5.03. The van der Waals surface area contributed by atoms with Gasteiger partial charge in [-0.2, -0.15) is 12.6 Å². The molecule has 0 spiro atoms. The standard InChI is InChI=1S/C7H5F3O3S.Li/c8-7(9,10)13-14(11,12)6-4-2-1-3-5-6;/h1-5H;. The second-order valence-corrected chi connectivity index (χ2v) is 3.84. The van der Waals surface area contributed by atoms with Gasteiger partial charge in [0.2, 0.25) is 0 Å². The number of hydrogen-bond donors (Lipinski definition) is 0. The molecule has 0 amide bonds. The van der Waals surface area contributed by atoms with Crippen molar-refractivity contribution in [3.63, 3.8) is 0 Å². The fraction of sp³-hybridized carbons (Fsp3) is 0.143. The zero-order valence-electron chi connectivity index (χ0n) is 7.65. The van der Waals surface area contributed by atoms with Gasteiger partial charge >= 0.3 is 16.5 Å². The Labute approximate surface area is 96.5 Å². The predicted molar refractivity (Wildman–Crippen MR) is 46.5 cm³/mol. The predicted octanol–water partition coefficient (Wildman–Crippen LogP) is 1.53. The van der Waals surface area contributed by atoms with Crippen LogP contribution in [0.4, 0.5) is 13.2 Å². The van der Waals surface area contributed by atoms with Gasteiger partial charge in [-0.1, -0.05) is 18.2 Å². The maximum Gasteiger partial charge on any atom is 0.537 e. The molecule has 0 N–H and O–H groups in total.